The van der Waals surface area contributed by atoms with E-state index in [9.17, 15) is 33.9 Å². The van der Waals surface area contributed by atoms with Gasteiger partial charge in [-0.05, 0) is 68.0 Å². The van der Waals surface area contributed by atoms with Gasteiger partial charge in [0, 0.05) is 54.9 Å². The molecule has 14 nitrogen and oxygen atoms in total. The quantitative estimate of drug-likeness (QED) is 0.152. The smallest absolute Gasteiger partial charge is 0.410 e. The number of carbonyl (C=O) groups excluding carboxylic acids is 4. The summed E-state index contributed by atoms with van der Waals surface area (Å²) in [6, 6.07) is 12.9. The Kier molecular flexibility index (Phi) is 11.3. The number of hydrogen-bond donors (Lipinski definition) is 4. The molecule has 4 N–H and O–H groups in total. The fraction of sp³-hybridized carbons (Fsp3) is 0.368. The number of carbonyl (C=O) groups is 5. The maximum Gasteiger partial charge on any atom is 0.410 e. The van der Waals surface area contributed by atoms with Crippen LogP contribution in [0.5, 0.6) is 0 Å². The van der Waals surface area contributed by atoms with Crippen molar-refractivity contribution >= 4 is 63.4 Å². The summed E-state index contributed by atoms with van der Waals surface area (Å²) in [5.74, 6) is -3.31. The van der Waals surface area contributed by atoms with Crippen LogP contribution in [0.25, 0.3) is 10.9 Å². The van der Waals surface area contributed by atoms with E-state index in [1.165, 1.54) is 28.5 Å². The van der Waals surface area contributed by atoms with Crippen LogP contribution in [0.15, 0.2) is 64.9 Å². The summed E-state index contributed by atoms with van der Waals surface area (Å²) in [4.78, 5) is 80.1. The molecule has 2 fully saturated rings. The second-order valence-electron chi connectivity index (χ2n) is 13.4. The third-order valence-electron chi connectivity index (χ3n) is 10.0. The molecule has 3 heterocycles. The van der Waals surface area contributed by atoms with Gasteiger partial charge in [0.05, 0.1) is 23.8 Å². The van der Waals surface area contributed by atoms with Crippen molar-refractivity contribution in [2.24, 2.45) is 5.41 Å². The number of aromatic nitrogens is 1. The van der Waals surface area contributed by atoms with Crippen molar-refractivity contribution in [3.63, 3.8) is 0 Å². The van der Waals surface area contributed by atoms with Gasteiger partial charge in [0.1, 0.15) is 23.4 Å². The SMILES string of the molecule is CCn1cc(C(=O)O)c(=O)c2cc(F)c(N3CCN(C(=O)OCc4ccc(NC(=O)CNC(=O)C5(C(=O)N[C@@H](C)c6cccs6)CCC5)cc4)CC3)cc21. The second kappa shape index (κ2) is 16.1. The number of thiophene rings is 1. The number of hydrogen-bond acceptors (Lipinski definition) is 9. The molecule has 0 unspecified atom stereocenters. The van der Waals surface area contributed by atoms with Crippen molar-refractivity contribution in [3.8, 4) is 0 Å². The third kappa shape index (κ3) is 7.93. The molecule has 1 saturated heterocycles. The van der Waals surface area contributed by atoms with Crippen LogP contribution in [-0.2, 0) is 32.3 Å². The Hall–Kier alpha value is -5.77. The van der Waals surface area contributed by atoms with Crippen molar-refractivity contribution in [2.75, 3.05) is 42.9 Å². The van der Waals surface area contributed by atoms with Crippen LogP contribution in [0, 0.1) is 11.2 Å². The van der Waals surface area contributed by atoms with Crippen LogP contribution < -0.4 is 26.3 Å². The molecular formula is C38H41FN6O8S. The molecule has 2 aromatic carbocycles. The highest BCUT2D eigenvalue weighted by Crippen LogP contribution is 2.42. The lowest BCUT2D eigenvalue weighted by Gasteiger charge is -2.39. The fourth-order valence-electron chi connectivity index (χ4n) is 6.67. The van der Waals surface area contributed by atoms with E-state index in [1.807, 2.05) is 24.4 Å². The second-order valence-corrected chi connectivity index (χ2v) is 14.4. The van der Waals surface area contributed by atoms with E-state index >= 15 is 4.39 Å². The number of nitrogens with one attached hydrogen (secondary N) is 3. The van der Waals surface area contributed by atoms with Crippen molar-refractivity contribution in [3.05, 3.63) is 92.2 Å². The van der Waals surface area contributed by atoms with Crippen LogP contribution in [0.2, 0.25) is 0 Å². The molecule has 6 rings (SSSR count). The van der Waals surface area contributed by atoms with Gasteiger partial charge in [-0.3, -0.25) is 19.2 Å². The molecule has 1 atom stereocenters. The number of aryl methyl sites for hydroxylation is 1. The minimum Gasteiger partial charge on any atom is -0.477 e. The summed E-state index contributed by atoms with van der Waals surface area (Å²) in [5, 5.41) is 19.6. The van der Waals surface area contributed by atoms with E-state index in [0.717, 1.165) is 17.4 Å². The van der Waals surface area contributed by atoms with Gasteiger partial charge in [0.2, 0.25) is 23.2 Å². The molecule has 0 radical (unpaired) electrons. The van der Waals surface area contributed by atoms with Gasteiger partial charge in [0.15, 0.2) is 0 Å². The highest BCUT2D eigenvalue weighted by molar-refractivity contribution is 7.10. The summed E-state index contributed by atoms with van der Waals surface area (Å²) in [6.45, 7) is 4.84. The zero-order chi connectivity index (χ0) is 38.6. The van der Waals surface area contributed by atoms with Crippen molar-refractivity contribution in [2.45, 2.75) is 52.3 Å². The van der Waals surface area contributed by atoms with Crippen molar-refractivity contribution in [1.82, 2.24) is 20.1 Å². The molecule has 2 aromatic heterocycles. The van der Waals surface area contributed by atoms with Gasteiger partial charge >= 0.3 is 12.1 Å². The van der Waals surface area contributed by atoms with Gasteiger partial charge in [-0.1, -0.05) is 24.6 Å². The number of benzene rings is 2. The lowest BCUT2D eigenvalue weighted by molar-refractivity contribution is -0.150. The molecule has 0 spiro atoms. The average molecular weight is 761 g/mol. The zero-order valence-corrected chi connectivity index (χ0v) is 30.7. The number of carboxylic acids is 1. The molecule has 4 amide bonds. The summed E-state index contributed by atoms with van der Waals surface area (Å²) < 4.78 is 22.3. The lowest BCUT2D eigenvalue weighted by Crippen LogP contribution is -2.56. The lowest BCUT2D eigenvalue weighted by atomic mass is 9.67. The zero-order valence-electron chi connectivity index (χ0n) is 29.9. The van der Waals surface area contributed by atoms with Gasteiger partial charge in [-0.2, -0.15) is 0 Å². The predicted octanol–water partition coefficient (Wildman–Crippen LogP) is 4.48. The Morgan fingerprint density at radius 2 is 1.74 bits per heavy atom. The van der Waals surface area contributed by atoms with E-state index in [4.69, 9.17) is 4.74 Å². The fourth-order valence-corrected chi connectivity index (χ4v) is 7.41. The molecular weight excluding hydrogens is 720 g/mol. The molecule has 0 bridgehead atoms. The standard InChI is InChI=1S/C38H41FN6O8S/c1-3-43-21-27(34(48)49)33(47)26-18-28(39)30(19-29(26)43)44-13-15-45(16-14-44)37(52)53-22-24-7-9-25(10-8-24)42-32(46)20-40-35(50)38(11-5-12-38)36(51)41-23(2)31-6-4-17-54-31/h4,6-10,17-19,21,23H,3,5,11-16,20,22H2,1-2H3,(H,40,50)(H,41,51)(H,42,46)(H,48,49)/t23-/m0/s1. The Bertz CT molecular complexity index is 2130. The molecule has 4 aromatic rings. The Balaban J connectivity index is 0.954. The Morgan fingerprint density at radius 3 is 2.35 bits per heavy atom. The molecule has 284 valence electrons. The first kappa shape index (κ1) is 38.0. The predicted molar refractivity (Wildman–Crippen MR) is 200 cm³/mol. The summed E-state index contributed by atoms with van der Waals surface area (Å²) >= 11 is 1.52. The van der Waals surface area contributed by atoms with Crippen LogP contribution in [0.1, 0.15) is 60.0 Å². The number of anilines is 2. The van der Waals surface area contributed by atoms with E-state index in [2.05, 4.69) is 16.0 Å². The summed E-state index contributed by atoms with van der Waals surface area (Å²) in [6.07, 6.45) is 2.30. The highest BCUT2D eigenvalue weighted by atomic mass is 32.1. The van der Waals surface area contributed by atoms with Crippen molar-refractivity contribution in [1.29, 1.82) is 0 Å². The maximum atomic E-state index is 15.2. The number of carboxylic acid groups (broad SMARTS) is 1. The monoisotopic (exact) mass is 760 g/mol. The van der Waals surface area contributed by atoms with Crippen LogP contribution in [-0.4, -0.2) is 77.1 Å². The normalized spacial score (nSPS) is 15.5. The molecule has 16 heteroatoms. The molecule has 1 aliphatic carbocycles. The highest BCUT2D eigenvalue weighted by Gasteiger charge is 2.51. The van der Waals surface area contributed by atoms with Crippen LogP contribution in [0.4, 0.5) is 20.6 Å². The molecule has 54 heavy (non-hydrogen) atoms. The van der Waals surface area contributed by atoms with Crippen LogP contribution in [0.3, 0.4) is 0 Å². The number of amides is 4. The van der Waals surface area contributed by atoms with Crippen LogP contribution >= 0.6 is 11.3 Å². The number of piperazine rings is 1. The molecule has 2 aliphatic rings. The van der Waals surface area contributed by atoms with E-state index in [0.29, 0.717) is 49.2 Å². The van der Waals surface area contributed by atoms with Gasteiger partial charge in [-0.25, -0.2) is 14.0 Å². The largest absolute Gasteiger partial charge is 0.477 e. The first-order chi connectivity index (χ1) is 25.9. The Morgan fingerprint density at radius 1 is 1.02 bits per heavy atom. The first-order valence-corrected chi connectivity index (χ1v) is 18.6. The van der Waals surface area contributed by atoms with Gasteiger partial charge in [-0.15, -0.1) is 11.3 Å². The number of ether oxygens (including phenoxy) is 1. The molecule has 1 saturated carbocycles. The third-order valence-corrected chi connectivity index (χ3v) is 11.1. The average Bonchev–Trinajstić information content (AvgIpc) is 3.69. The van der Waals surface area contributed by atoms with Crippen molar-refractivity contribution < 1.29 is 38.2 Å². The van der Waals surface area contributed by atoms with E-state index < -0.39 is 46.1 Å². The minimum atomic E-state index is -1.38. The Labute approximate surface area is 313 Å². The van der Waals surface area contributed by atoms with Gasteiger partial charge in [0.25, 0.3) is 0 Å². The number of pyridine rings is 1. The van der Waals surface area contributed by atoms with Gasteiger partial charge < -0.3 is 40.2 Å². The molecule has 1 aliphatic heterocycles. The first-order valence-electron chi connectivity index (χ1n) is 17.7. The number of fused-ring (bicyclic) bond motifs is 1. The van der Waals surface area contributed by atoms with E-state index in [1.54, 1.807) is 40.7 Å². The number of rotatable bonds is 12. The topological polar surface area (TPSA) is 179 Å². The minimum absolute atomic E-state index is 0.0146. The maximum absolute atomic E-state index is 15.2. The summed E-state index contributed by atoms with van der Waals surface area (Å²) in [7, 11) is 0. The number of aromatic carboxylic acids is 1. The summed E-state index contributed by atoms with van der Waals surface area (Å²) in [5.41, 5.74) is -0.547. The number of halogens is 1. The van der Waals surface area contributed by atoms with E-state index in [-0.39, 0.29) is 49.3 Å². The number of nitrogens with zero attached hydrogens (tertiary/aromatic N) is 3.